The highest BCUT2D eigenvalue weighted by atomic mass is 35.5. The molecule has 4 rings (SSSR count). The molecule has 0 atom stereocenters. The van der Waals surface area contributed by atoms with Gasteiger partial charge in [-0.15, -0.1) is 0 Å². The molecule has 0 amide bonds. The summed E-state index contributed by atoms with van der Waals surface area (Å²) in [5.41, 5.74) is 4.24. The minimum atomic E-state index is -0.987. The van der Waals surface area contributed by atoms with Gasteiger partial charge in [0.25, 0.3) is 0 Å². The van der Waals surface area contributed by atoms with Gasteiger partial charge in [-0.3, -0.25) is 0 Å². The molecule has 0 fully saturated rings. The van der Waals surface area contributed by atoms with Crippen molar-refractivity contribution in [2.45, 2.75) is 20.3 Å². The number of hydrogen-bond donors (Lipinski definition) is 1. The van der Waals surface area contributed by atoms with E-state index in [1.54, 1.807) is 12.1 Å². The van der Waals surface area contributed by atoms with E-state index in [1.165, 1.54) is 0 Å². The third kappa shape index (κ3) is 3.27. The lowest BCUT2D eigenvalue weighted by Crippen LogP contribution is -2.00. The molecule has 0 saturated heterocycles. The number of fused-ring (bicyclic) bond motifs is 1. The largest absolute Gasteiger partial charge is 0.478 e. The van der Waals surface area contributed by atoms with Crippen molar-refractivity contribution >= 4 is 28.5 Å². The smallest absolute Gasteiger partial charge is 0.336 e. The second-order valence-electron chi connectivity index (χ2n) is 6.69. The van der Waals surface area contributed by atoms with E-state index < -0.39 is 5.97 Å². The molecular weight excluding hydrogens is 374 g/mol. The molecule has 0 saturated carbocycles. The summed E-state index contributed by atoms with van der Waals surface area (Å²) >= 11 is 6.21. The molecule has 2 heterocycles. The molecule has 0 aliphatic rings. The monoisotopic (exact) mass is 391 g/mol. The Morgan fingerprint density at radius 2 is 1.86 bits per heavy atom. The molecule has 0 radical (unpaired) electrons. The molecule has 5 heteroatoms. The summed E-state index contributed by atoms with van der Waals surface area (Å²) < 4.78 is 5.97. The molecule has 28 heavy (non-hydrogen) atoms. The Hall–Kier alpha value is -3.11. The fourth-order valence-electron chi connectivity index (χ4n) is 3.17. The quantitative estimate of drug-likeness (QED) is 0.438. The SMILES string of the molecule is CCc1ccc2nc(-c3ccc(-c4ccc(C)c(Cl)c4)o3)cc(C(=O)O)c2c1. The molecule has 0 unspecified atom stereocenters. The van der Waals surface area contributed by atoms with E-state index in [0.717, 1.165) is 23.1 Å². The van der Waals surface area contributed by atoms with Crippen molar-refractivity contribution in [3.63, 3.8) is 0 Å². The number of nitrogens with zero attached hydrogens (tertiary/aromatic N) is 1. The fraction of sp³-hybridized carbons (Fsp3) is 0.130. The molecule has 2 aromatic carbocycles. The van der Waals surface area contributed by atoms with Crippen LogP contribution in [0, 0.1) is 6.92 Å². The van der Waals surface area contributed by atoms with Crippen LogP contribution in [0.15, 0.2) is 59.0 Å². The second kappa shape index (κ2) is 7.13. The van der Waals surface area contributed by atoms with Gasteiger partial charge in [0.2, 0.25) is 0 Å². The van der Waals surface area contributed by atoms with Gasteiger partial charge in [-0.1, -0.05) is 36.7 Å². The number of rotatable bonds is 4. The van der Waals surface area contributed by atoms with Gasteiger partial charge in [-0.25, -0.2) is 9.78 Å². The van der Waals surface area contributed by atoms with Crippen molar-refractivity contribution in [3.8, 4) is 22.8 Å². The molecule has 140 valence electrons. The van der Waals surface area contributed by atoms with E-state index in [-0.39, 0.29) is 5.56 Å². The lowest BCUT2D eigenvalue weighted by molar-refractivity contribution is 0.0699. The first kappa shape index (κ1) is 18.3. The number of carbonyl (C=O) groups is 1. The first-order valence-corrected chi connectivity index (χ1v) is 9.37. The third-order valence-electron chi connectivity index (χ3n) is 4.83. The highest BCUT2D eigenvalue weighted by Crippen LogP contribution is 2.32. The zero-order valence-electron chi connectivity index (χ0n) is 15.5. The van der Waals surface area contributed by atoms with Gasteiger partial charge in [0.05, 0.1) is 11.1 Å². The van der Waals surface area contributed by atoms with Crippen molar-refractivity contribution in [2.24, 2.45) is 0 Å². The van der Waals surface area contributed by atoms with Crippen molar-refractivity contribution in [3.05, 3.63) is 76.3 Å². The van der Waals surface area contributed by atoms with Gasteiger partial charge in [0.15, 0.2) is 5.76 Å². The maximum Gasteiger partial charge on any atom is 0.336 e. The minimum Gasteiger partial charge on any atom is -0.478 e. The summed E-state index contributed by atoms with van der Waals surface area (Å²) in [5, 5.41) is 11.0. The summed E-state index contributed by atoms with van der Waals surface area (Å²) in [5.74, 6) is 0.173. The van der Waals surface area contributed by atoms with Gasteiger partial charge in [-0.2, -0.15) is 0 Å². The molecule has 0 aliphatic heterocycles. The molecular formula is C23H18ClNO3. The zero-order chi connectivity index (χ0) is 19.8. The lowest BCUT2D eigenvalue weighted by atomic mass is 10.0. The highest BCUT2D eigenvalue weighted by molar-refractivity contribution is 6.31. The molecule has 0 bridgehead atoms. The van der Waals surface area contributed by atoms with Crippen LogP contribution < -0.4 is 0 Å². The molecule has 4 nitrogen and oxygen atoms in total. The maximum absolute atomic E-state index is 11.8. The average Bonchev–Trinajstić information content (AvgIpc) is 3.19. The zero-order valence-corrected chi connectivity index (χ0v) is 16.2. The van der Waals surface area contributed by atoms with Crippen LogP contribution in [0.2, 0.25) is 5.02 Å². The lowest BCUT2D eigenvalue weighted by Gasteiger charge is -2.07. The van der Waals surface area contributed by atoms with E-state index in [4.69, 9.17) is 16.0 Å². The number of hydrogen-bond acceptors (Lipinski definition) is 3. The Balaban J connectivity index is 1.82. The molecule has 0 aliphatic carbocycles. The maximum atomic E-state index is 11.8. The number of halogens is 1. The van der Waals surface area contributed by atoms with Crippen molar-refractivity contribution in [2.75, 3.05) is 0 Å². The predicted molar refractivity (Wildman–Crippen MR) is 111 cm³/mol. The number of carboxylic acids is 1. The van der Waals surface area contributed by atoms with Gasteiger partial charge >= 0.3 is 5.97 Å². The van der Waals surface area contributed by atoms with Crippen molar-refractivity contribution in [1.82, 2.24) is 4.98 Å². The topological polar surface area (TPSA) is 63.3 Å². The summed E-state index contributed by atoms with van der Waals surface area (Å²) in [6, 6.07) is 16.6. The fourth-order valence-corrected chi connectivity index (χ4v) is 3.35. The summed E-state index contributed by atoms with van der Waals surface area (Å²) in [6.45, 7) is 3.97. The van der Waals surface area contributed by atoms with Gasteiger partial charge in [0.1, 0.15) is 11.5 Å². The van der Waals surface area contributed by atoms with Crippen LogP contribution in [0.3, 0.4) is 0 Å². The van der Waals surface area contributed by atoms with Crippen LogP contribution in [0.4, 0.5) is 0 Å². The number of furan rings is 1. The highest BCUT2D eigenvalue weighted by Gasteiger charge is 2.16. The number of aromatic nitrogens is 1. The predicted octanol–water partition coefficient (Wildman–Crippen LogP) is 6.38. The van der Waals surface area contributed by atoms with Gasteiger partial charge in [0, 0.05) is 16.0 Å². The van der Waals surface area contributed by atoms with Crippen LogP contribution in [0.5, 0.6) is 0 Å². The van der Waals surface area contributed by atoms with E-state index in [1.807, 2.05) is 56.3 Å². The van der Waals surface area contributed by atoms with Crippen LogP contribution in [-0.4, -0.2) is 16.1 Å². The van der Waals surface area contributed by atoms with Crippen LogP contribution >= 0.6 is 11.6 Å². The summed E-state index contributed by atoms with van der Waals surface area (Å²) in [7, 11) is 0. The average molecular weight is 392 g/mol. The molecule has 4 aromatic rings. The molecule has 2 aromatic heterocycles. The Labute approximate surface area is 167 Å². The standard InChI is InChI=1S/C23H18ClNO3/c1-3-14-5-7-19-16(10-14)17(23(26)27)12-20(25-19)22-9-8-21(28-22)15-6-4-13(2)18(24)11-15/h4-12H,3H2,1-2H3,(H,26,27). The van der Waals surface area contributed by atoms with E-state index >= 15 is 0 Å². The van der Waals surface area contributed by atoms with E-state index in [0.29, 0.717) is 33.1 Å². The Morgan fingerprint density at radius 3 is 2.57 bits per heavy atom. The molecule has 1 N–H and O–H groups in total. The summed E-state index contributed by atoms with van der Waals surface area (Å²) in [4.78, 5) is 16.4. The molecule has 0 spiro atoms. The first-order valence-electron chi connectivity index (χ1n) is 9.00. The Morgan fingerprint density at radius 1 is 1.07 bits per heavy atom. The second-order valence-corrected chi connectivity index (χ2v) is 7.10. The first-order chi connectivity index (χ1) is 13.5. The van der Waals surface area contributed by atoms with E-state index in [9.17, 15) is 9.90 Å². The number of pyridine rings is 1. The normalized spacial score (nSPS) is 11.1. The van der Waals surface area contributed by atoms with Crippen LogP contribution in [0.1, 0.15) is 28.4 Å². The van der Waals surface area contributed by atoms with Crippen LogP contribution in [-0.2, 0) is 6.42 Å². The Bertz CT molecular complexity index is 1210. The summed E-state index contributed by atoms with van der Waals surface area (Å²) in [6.07, 6.45) is 0.831. The van der Waals surface area contributed by atoms with Gasteiger partial charge < -0.3 is 9.52 Å². The minimum absolute atomic E-state index is 0.214. The van der Waals surface area contributed by atoms with Crippen LogP contribution in [0.25, 0.3) is 33.7 Å². The van der Waals surface area contributed by atoms with Crippen molar-refractivity contribution in [1.29, 1.82) is 0 Å². The Kier molecular flexibility index (Phi) is 4.65. The number of aryl methyl sites for hydroxylation is 2. The van der Waals surface area contributed by atoms with Gasteiger partial charge in [-0.05, 0) is 60.9 Å². The van der Waals surface area contributed by atoms with E-state index in [2.05, 4.69) is 4.98 Å². The number of carboxylic acid groups (broad SMARTS) is 1. The third-order valence-corrected chi connectivity index (χ3v) is 5.23. The van der Waals surface area contributed by atoms with Crippen molar-refractivity contribution < 1.29 is 14.3 Å². The number of aromatic carboxylic acids is 1. The number of benzene rings is 2.